The van der Waals surface area contributed by atoms with Crippen LogP contribution in [0.15, 0.2) is 30.3 Å². The summed E-state index contributed by atoms with van der Waals surface area (Å²) in [6, 6.07) is 8.71. The number of hydrogen-bond acceptors (Lipinski definition) is 5. The molecule has 0 fully saturated rings. The van der Waals surface area contributed by atoms with Crippen LogP contribution in [0.25, 0.3) is 0 Å². The fraction of sp³-hybridized carbons (Fsp3) is 0.263. The third-order valence-corrected chi connectivity index (χ3v) is 3.76. The van der Waals surface area contributed by atoms with Crippen molar-refractivity contribution >= 4 is 17.9 Å². The van der Waals surface area contributed by atoms with Gasteiger partial charge >= 0.3 is 0 Å². The number of carbonyl (C=O) groups is 2. The highest BCUT2D eigenvalue weighted by molar-refractivity contribution is 5.92. The highest BCUT2D eigenvalue weighted by Crippen LogP contribution is 2.38. The molecule has 0 unspecified atom stereocenters. The maximum absolute atomic E-state index is 12.1. The first kappa shape index (κ1) is 18.3. The van der Waals surface area contributed by atoms with Crippen molar-refractivity contribution in [2.45, 2.75) is 13.8 Å². The first-order valence-electron chi connectivity index (χ1n) is 7.69. The number of nitrogens with one attached hydrogen (secondary N) is 1. The van der Waals surface area contributed by atoms with Crippen molar-refractivity contribution < 1.29 is 23.8 Å². The lowest BCUT2D eigenvalue weighted by molar-refractivity contribution is -0.118. The van der Waals surface area contributed by atoms with Gasteiger partial charge in [-0.3, -0.25) is 9.59 Å². The molecule has 132 valence electrons. The topological polar surface area (TPSA) is 73.9 Å². The lowest BCUT2D eigenvalue weighted by Gasteiger charge is -2.15. The largest absolute Gasteiger partial charge is 0.493 e. The molecule has 0 saturated carbocycles. The van der Waals surface area contributed by atoms with Crippen molar-refractivity contribution in [3.63, 3.8) is 0 Å². The van der Waals surface area contributed by atoms with E-state index in [4.69, 9.17) is 14.2 Å². The van der Waals surface area contributed by atoms with Crippen LogP contribution in [0.3, 0.4) is 0 Å². The number of aryl methyl sites for hydroxylation is 2. The molecule has 0 aliphatic carbocycles. The van der Waals surface area contributed by atoms with E-state index in [-0.39, 0.29) is 18.3 Å². The molecule has 0 aromatic heterocycles. The first-order chi connectivity index (χ1) is 12.0. The highest BCUT2D eigenvalue weighted by Gasteiger charge is 2.16. The van der Waals surface area contributed by atoms with Gasteiger partial charge in [-0.05, 0) is 49.2 Å². The van der Waals surface area contributed by atoms with Crippen molar-refractivity contribution in [1.29, 1.82) is 0 Å². The van der Waals surface area contributed by atoms with Gasteiger partial charge in [0.05, 0.1) is 14.2 Å². The van der Waals surface area contributed by atoms with Crippen LogP contribution in [0, 0.1) is 13.8 Å². The Hall–Kier alpha value is -3.02. The summed E-state index contributed by atoms with van der Waals surface area (Å²) < 4.78 is 16.0. The molecule has 2 rings (SSSR count). The van der Waals surface area contributed by atoms with Crippen molar-refractivity contribution in [3.05, 3.63) is 47.0 Å². The van der Waals surface area contributed by atoms with Gasteiger partial charge < -0.3 is 19.5 Å². The van der Waals surface area contributed by atoms with E-state index in [1.165, 1.54) is 26.4 Å². The Labute approximate surface area is 146 Å². The van der Waals surface area contributed by atoms with E-state index in [0.29, 0.717) is 29.0 Å². The summed E-state index contributed by atoms with van der Waals surface area (Å²) in [5.74, 6) is 0.596. The smallest absolute Gasteiger partial charge is 0.262 e. The van der Waals surface area contributed by atoms with Crippen molar-refractivity contribution in [3.8, 4) is 17.2 Å². The molecule has 0 atom stereocenters. The van der Waals surface area contributed by atoms with Crippen molar-refractivity contribution in [1.82, 2.24) is 0 Å². The SMILES string of the molecule is COc1cc(C=O)cc(OC)c1OCC(=O)Nc1ccc(C)c(C)c1. The molecule has 2 aromatic rings. The van der Waals surface area contributed by atoms with Crippen molar-refractivity contribution in [2.24, 2.45) is 0 Å². The zero-order valence-electron chi connectivity index (χ0n) is 14.7. The van der Waals surface area contributed by atoms with Crippen LogP contribution < -0.4 is 19.5 Å². The molecule has 2 aromatic carbocycles. The van der Waals surface area contributed by atoms with Crippen LogP contribution in [0.2, 0.25) is 0 Å². The Morgan fingerprint density at radius 1 is 1.04 bits per heavy atom. The van der Waals surface area contributed by atoms with E-state index in [0.717, 1.165) is 11.1 Å². The lowest BCUT2D eigenvalue weighted by Crippen LogP contribution is -2.20. The first-order valence-corrected chi connectivity index (χ1v) is 7.69. The summed E-state index contributed by atoms with van der Waals surface area (Å²) in [6.45, 7) is 3.76. The molecule has 0 aliphatic heterocycles. The summed E-state index contributed by atoms with van der Waals surface area (Å²) in [5, 5.41) is 2.78. The zero-order chi connectivity index (χ0) is 18.4. The molecule has 0 bridgehead atoms. The van der Waals surface area contributed by atoms with E-state index < -0.39 is 0 Å². The molecule has 0 heterocycles. The van der Waals surface area contributed by atoms with Crippen LogP contribution in [0.5, 0.6) is 17.2 Å². The number of hydrogen-bond donors (Lipinski definition) is 1. The molecule has 0 spiro atoms. The quantitative estimate of drug-likeness (QED) is 0.782. The van der Waals surface area contributed by atoms with Gasteiger partial charge in [-0.2, -0.15) is 0 Å². The summed E-state index contributed by atoms with van der Waals surface area (Å²) >= 11 is 0. The summed E-state index contributed by atoms with van der Waals surface area (Å²) in [7, 11) is 2.90. The van der Waals surface area contributed by atoms with Gasteiger partial charge in [0.1, 0.15) is 6.29 Å². The maximum Gasteiger partial charge on any atom is 0.262 e. The van der Waals surface area contributed by atoms with Crippen molar-refractivity contribution in [2.75, 3.05) is 26.1 Å². The Kier molecular flexibility index (Phi) is 6.00. The molecule has 6 nitrogen and oxygen atoms in total. The number of carbonyl (C=O) groups excluding carboxylic acids is 2. The standard InChI is InChI=1S/C19H21NO5/c1-12-5-6-15(7-13(12)2)20-18(22)11-25-19-16(23-3)8-14(10-21)9-17(19)24-4/h5-10H,11H2,1-4H3,(H,20,22). The number of methoxy groups -OCH3 is 2. The second kappa shape index (κ2) is 8.19. The molecular formula is C19H21NO5. The van der Waals surface area contributed by atoms with Gasteiger partial charge in [0, 0.05) is 11.3 Å². The number of amides is 1. The number of aldehydes is 1. The minimum absolute atomic E-state index is 0.222. The van der Waals surface area contributed by atoms with Gasteiger partial charge in [-0.1, -0.05) is 6.07 Å². The average Bonchev–Trinajstić information content (AvgIpc) is 2.62. The normalized spacial score (nSPS) is 10.1. The summed E-state index contributed by atoms with van der Waals surface area (Å²) in [5.41, 5.74) is 3.33. The second-order valence-corrected chi connectivity index (χ2v) is 5.51. The predicted molar refractivity (Wildman–Crippen MR) is 95.0 cm³/mol. The lowest BCUT2D eigenvalue weighted by atomic mass is 10.1. The molecule has 25 heavy (non-hydrogen) atoms. The summed E-state index contributed by atoms with van der Waals surface area (Å²) in [6.07, 6.45) is 0.682. The van der Waals surface area contributed by atoms with Crippen LogP contribution in [0.4, 0.5) is 5.69 Å². The van der Waals surface area contributed by atoms with E-state index in [9.17, 15) is 9.59 Å². The van der Waals surface area contributed by atoms with E-state index in [1.54, 1.807) is 0 Å². The Morgan fingerprint density at radius 3 is 2.20 bits per heavy atom. The molecule has 0 saturated heterocycles. The third-order valence-electron chi connectivity index (χ3n) is 3.76. The number of benzene rings is 2. The van der Waals surface area contributed by atoms with Crippen LogP contribution in [0.1, 0.15) is 21.5 Å². The Bertz CT molecular complexity index is 760. The minimum atomic E-state index is -0.313. The fourth-order valence-electron chi connectivity index (χ4n) is 2.26. The van der Waals surface area contributed by atoms with E-state index >= 15 is 0 Å². The molecule has 0 radical (unpaired) electrons. The third kappa shape index (κ3) is 4.50. The molecule has 1 amide bonds. The monoisotopic (exact) mass is 343 g/mol. The number of anilines is 1. The molecule has 0 aliphatic rings. The highest BCUT2D eigenvalue weighted by atomic mass is 16.5. The molecular weight excluding hydrogens is 322 g/mol. The predicted octanol–water partition coefficient (Wildman–Crippen LogP) is 3.15. The molecule has 6 heteroatoms. The average molecular weight is 343 g/mol. The van der Waals surface area contributed by atoms with Crippen LogP contribution in [-0.4, -0.2) is 33.0 Å². The second-order valence-electron chi connectivity index (χ2n) is 5.51. The Morgan fingerprint density at radius 2 is 1.68 bits per heavy atom. The summed E-state index contributed by atoms with van der Waals surface area (Å²) in [4.78, 5) is 23.1. The van der Waals surface area contributed by atoms with Crippen LogP contribution >= 0.6 is 0 Å². The minimum Gasteiger partial charge on any atom is -0.493 e. The van der Waals surface area contributed by atoms with Gasteiger partial charge in [0.25, 0.3) is 5.91 Å². The van der Waals surface area contributed by atoms with Crippen LogP contribution in [-0.2, 0) is 4.79 Å². The van der Waals surface area contributed by atoms with Gasteiger partial charge in [0.15, 0.2) is 18.1 Å². The zero-order valence-corrected chi connectivity index (χ0v) is 14.7. The van der Waals surface area contributed by atoms with E-state index in [1.807, 2.05) is 32.0 Å². The van der Waals surface area contributed by atoms with Gasteiger partial charge in [-0.15, -0.1) is 0 Å². The van der Waals surface area contributed by atoms with Gasteiger partial charge in [0.2, 0.25) is 5.75 Å². The number of ether oxygens (including phenoxy) is 3. The fourth-order valence-corrected chi connectivity index (χ4v) is 2.26. The number of rotatable bonds is 7. The van der Waals surface area contributed by atoms with E-state index in [2.05, 4.69) is 5.32 Å². The molecule has 1 N–H and O–H groups in total. The van der Waals surface area contributed by atoms with Gasteiger partial charge in [-0.25, -0.2) is 0 Å². The Balaban J connectivity index is 2.10. The maximum atomic E-state index is 12.1.